The molecule has 0 spiro atoms. The number of hydrogen-bond donors (Lipinski definition) is 1. The Morgan fingerprint density at radius 1 is 1.35 bits per heavy atom. The van der Waals surface area contributed by atoms with Crippen LogP contribution in [0.4, 0.5) is 5.95 Å². The topological polar surface area (TPSA) is 36.9 Å². The van der Waals surface area contributed by atoms with Crippen LogP contribution >= 0.6 is 12.2 Å². The van der Waals surface area contributed by atoms with Crippen molar-refractivity contribution in [2.45, 2.75) is 65.3 Å². The SMILES string of the molecule is CCC(C)CN(CC)c1n[nH]c(=S)n1C1CCCCC1. The highest BCUT2D eigenvalue weighted by atomic mass is 32.1. The van der Waals surface area contributed by atoms with Crippen LogP contribution < -0.4 is 4.90 Å². The highest BCUT2D eigenvalue weighted by Gasteiger charge is 2.23. The first-order valence-electron chi connectivity index (χ1n) is 8.09. The number of hydrogen-bond acceptors (Lipinski definition) is 3. The van der Waals surface area contributed by atoms with Gasteiger partial charge in [0.05, 0.1) is 0 Å². The summed E-state index contributed by atoms with van der Waals surface area (Å²) in [5.41, 5.74) is 0. The van der Waals surface area contributed by atoms with Crippen molar-refractivity contribution in [2.24, 2.45) is 5.92 Å². The molecule has 1 heterocycles. The molecule has 0 aromatic carbocycles. The number of aromatic amines is 1. The number of aromatic nitrogens is 3. The van der Waals surface area contributed by atoms with E-state index in [1.54, 1.807) is 0 Å². The van der Waals surface area contributed by atoms with E-state index in [0.29, 0.717) is 12.0 Å². The van der Waals surface area contributed by atoms with Crippen LogP contribution in [0.1, 0.15) is 65.3 Å². The maximum absolute atomic E-state index is 5.48. The summed E-state index contributed by atoms with van der Waals surface area (Å²) in [7, 11) is 0. The summed E-state index contributed by atoms with van der Waals surface area (Å²) in [6.07, 6.45) is 7.67. The maximum Gasteiger partial charge on any atom is 0.225 e. The molecule has 114 valence electrons. The minimum Gasteiger partial charge on any atom is -0.341 e. The predicted molar refractivity (Wildman–Crippen MR) is 86.9 cm³/mol. The van der Waals surface area contributed by atoms with Crippen LogP contribution in [0.5, 0.6) is 0 Å². The quantitative estimate of drug-likeness (QED) is 0.794. The summed E-state index contributed by atoms with van der Waals surface area (Å²) in [4.78, 5) is 2.37. The molecule has 1 N–H and O–H groups in total. The van der Waals surface area contributed by atoms with Gasteiger partial charge in [-0.15, -0.1) is 5.10 Å². The smallest absolute Gasteiger partial charge is 0.225 e. The molecular formula is C15H28N4S. The third-order valence-electron chi connectivity index (χ3n) is 4.52. The molecule has 0 saturated heterocycles. The minimum atomic E-state index is 0.538. The first-order chi connectivity index (χ1) is 9.67. The van der Waals surface area contributed by atoms with E-state index in [1.165, 1.54) is 38.5 Å². The van der Waals surface area contributed by atoms with Gasteiger partial charge in [-0.25, -0.2) is 5.10 Å². The van der Waals surface area contributed by atoms with Gasteiger partial charge in [-0.1, -0.05) is 39.5 Å². The van der Waals surface area contributed by atoms with Crippen molar-refractivity contribution in [3.8, 4) is 0 Å². The summed E-state index contributed by atoms with van der Waals surface area (Å²) < 4.78 is 3.06. The van der Waals surface area contributed by atoms with Gasteiger partial charge in [-0.3, -0.25) is 4.57 Å². The van der Waals surface area contributed by atoms with Crippen LogP contribution in [0, 0.1) is 10.7 Å². The Morgan fingerprint density at radius 2 is 2.05 bits per heavy atom. The number of H-pyrrole nitrogens is 1. The van der Waals surface area contributed by atoms with Gasteiger partial charge in [0.1, 0.15) is 0 Å². The second-order valence-electron chi connectivity index (χ2n) is 6.04. The van der Waals surface area contributed by atoms with Crippen molar-refractivity contribution in [3.05, 3.63) is 4.77 Å². The lowest BCUT2D eigenvalue weighted by Gasteiger charge is -2.29. The zero-order valence-corrected chi connectivity index (χ0v) is 13.9. The third-order valence-corrected chi connectivity index (χ3v) is 4.81. The first kappa shape index (κ1) is 15.5. The molecule has 20 heavy (non-hydrogen) atoms. The van der Waals surface area contributed by atoms with Gasteiger partial charge in [-0.2, -0.15) is 0 Å². The van der Waals surface area contributed by atoms with E-state index in [9.17, 15) is 0 Å². The van der Waals surface area contributed by atoms with E-state index in [4.69, 9.17) is 12.2 Å². The van der Waals surface area contributed by atoms with Crippen LogP contribution in [0.2, 0.25) is 0 Å². The monoisotopic (exact) mass is 296 g/mol. The molecule has 0 radical (unpaired) electrons. The van der Waals surface area contributed by atoms with E-state index >= 15 is 0 Å². The summed E-state index contributed by atoms with van der Waals surface area (Å²) in [6, 6.07) is 0.538. The fraction of sp³-hybridized carbons (Fsp3) is 0.867. The summed E-state index contributed by atoms with van der Waals surface area (Å²) in [5.74, 6) is 1.73. The lowest BCUT2D eigenvalue weighted by molar-refractivity contribution is 0.349. The van der Waals surface area contributed by atoms with Crippen molar-refractivity contribution in [2.75, 3.05) is 18.0 Å². The Bertz CT molecular complexity index is 459. The first-order valence-corrected chi connectivity index (χ1v) is 8.50. The lowest BCUT2D eigenvalue weighted by Crippen LogP contribution is -2.31. The largest absolute Gasteiger partial charge is 0.341 e. The molecular weight excluding hydrogens is 268 g/mol. The predicted octanol–water partition coefficient (Wildman–Crippen LogP) is 4.32. The zero-order valence-electron chi connectivity index (χ0n) is 13.1. The van der Waals surface area contributed by atoms with Crippen molar-refractivity contribution < 1.29 is 0 Å². The van der Waals surface area contributed by atoms with Gasteiger partial charge < -0.3 is 4.90 Å². The van der Waals surface area contributed by atoms with E-state index in [0.717, 1.165) is 23.8 Å². The van der Waals surface area contributed by atoms with E-state index < -0.39 is 0 Å². The van der Waals surface area contributed by atoms with E-state index in [1.807, 2.05) is 0 Å². The Labute approximate surface area is 127 Å². The number of nitrogens with zero attached hydrogens (tertiary/aromatic N) is 3. The van der Waals surface area contributed by atoms with E-state index in [-0.39, 0.29) is 0 Å². The van der Waals surface area contributed by atoms with Gasteiger partial charge >= 0.3 is 0 Å². The highest BCUT2D eigenvalue weighted by Crippen LogP contribution is 2.31. The molecule has 1 saturated carbocycles. The standard InChI is InChI=1S/C15H28N4S/c1-4-12(3)11-18(5-2)14-16-17-15(20)19(14)13-9-7-6-8-10-13/h12-13H,4-11H2,1-3H3,(H,17,20). The highest BCUT2D eigenvalue weighted by molar-refractivity contribution is 7.71. The molecule has 1 fully saturated rings. The summed E-state index contributed by atoms with van der Waals surface area (Å²) >= 11 is 5.48. The Morgan fingerprint density at radius 3 is 2.65 bits per heavy atom. The molecule has 1 aromatic rings. The maximum atomic E-state index is 5.48. The average molecular weight is 296 g/mol. The Hall–Kier alpha value is -0.840. The summed E-state index contributed by atoms with van der Waals surface area (Å²) in [6.45, 7) is 8.78. The second kappa shape index (κ2) is 7.25. The van der Waals surface area contributed by atoms with Crippen LogP contribution in [0.25, 0.3) is 0 Å². The average Bonchev–Trinajstić information content (AvgIpc) is 2.87. The molecule has 4 nitrogen and oxygen atoms in total. The second-order valence-corrected chi connectivity index (χ2v) is 6.43. The fourth-order valence-corrected chi connectivity index (χ4v) is 3.32. The van der Waals surface area contributed by atoms with Gasteiger partial charge in [0.15, 0.2) is 4.77 Å². The van der Waals surface area contributed by atoms with Crippen LogP contribution in [0.3, 0.4) is 0 Å². The Balaban J connectivity index is 2.24. The fourth-order valence-electron chi connectivity index (χ4n) is 3.05. The lowest BCUT2D eigenvalue weighted by atomic mass is 9.95. The molecule has 0 aliphatic heterocycles. The summed E-state index contributed by atoms with van der Waals surface area (Å²) in [5, 5.41) is 7.54. The van der Waals surface area contributed by atoms with Gasteiger partial charge in [0, 0.05) is 19.1 Å². The third kappa shape index (κ3) is 3.43. The van der Waals surface area contributed by atoms with Gasteiger partial charge in [0.2, 0.25) is 5.95 Å². The van der Waals surface area contributed by atoms with Crippen molar-refractivity contribution in [1.82, 2.24) is 14.8 Å². The number of anilines is 1. The molecule has 1 aliphatic rings. The van der Waals surface area contributed by atoms with Gasteiger partial charge in [-0.05, 0) is 37.9 Å². The van der Waals surface area contributed by atoms with Crippen molar-refractivity contribution in [1.29, 1.82) is 0 Å². The molecule has 2 rings (SSSR count). The van der Waals surface area contributed by atoms with Crippen LogP contribution in [-0.4, -0.2) is 27.9 Å². The molecule has 1 aromatic heterocycles. The van der Waals surface area contributed by atoms with E-state index in [2.05, 4.69) is 40.4 Å². The van der Waals surface area contributed by atoms with Crippen molar-refractivity contribution in [3.63, 3.8) is 0 Å². The van der Waals surface area contributed by atoms with Gasteiger partial charge in [0.25, 0.3) is 0 Å². The number of nitrogens with one attached hydrogen (secondary N) is 1. The normalized spacial score (nSPS) is 18.1. The van der Waals surface area contributed by atoms with Crippen LogP contribution in [0.15, 0.2) is 0 Å². The molecule has 0 bridgehead atoms. The molecule has 1 atom stereocenters. The molecule has 1 unspecified atom stereocenters. The number of rotatable bonds is 6. The zero-order chi connectivity index (χ0) is 14.5. The molecule has 1 aliphatic carbocycles. The molecule has 5 heteroatoms. The van der Waals surface area contributed by atoms with Crippen molar-refractivity contribution >= 4 is 18.2 Å². The Kier molecular flexibility index (Phi) is 5.64. The van der Waals surface area contributed by atoms with Crippen LogP contribution in [-0.2, 0) is 0 Å². The molecule has 0 amide bonds. The minimum absolute atomic E-state index is 0.538.